The number of anilines is 1. The topological polar surface area (TPSA) is 38.0 Å². The van der Waals surface area contributed by atoms with Crippen LogP contribution in [-0.4, -0.2) is 18.8 Å². The third-order valence-corrected chi connectivity index (χ3v) is 4.14. The molecule has 1 aliphatic heterocycles. The van der Waals surface area contributed by atoms with Crippen LogP contribution < -0.4 is 11.1 Å². The van der Waals surface area contributed by atoms with Gasteiger partial charge >= 0.3 is 0 Å². The molecule has 0 unspecified atom stereocenters. The fourth-order valence-electron chi connectivity index (χ4n) is 1.86. The Hall–Kier alpha value is -0.740. The van der Waals surface area contributed by atoms with Crippen molar-refractivity contribution in [2.45, 2.75) is 17.7 Å². The van der Waals surface area contributed by atoms with Gasteiger partial charge in [0.05, 0.1) is 5.69 Å². The lowest BCUT2D eigenvalue weighted by Gasteiger charge is -2.22. The molecular weight excluding hydrogens is 223 g/mol. The predicted molar refractivity (Wildman–Crippen MR) is 67.1 cm³/mol. The van der Waals surface area contributed by atoms with Gasteiger partial charge in [-0.1, -0.05) is 0 Å². The van der Waals surface area contributed by atoms with Crippen LogP contribution in [0.3, 0.4) is 0 Å². The first-order valence-corrected chi connectivity index (χ1v) is 6.63. The maximum absolute atomic E-state index is 13.2. The number of halogens is 1. The van der Waals surface area contributed by atoms with Gasteiger partial charge in [-0.25, -0.2) is 4.39 Å². The van der Waals surface area contributed by atoms with Gasteiger partial charge in [0, 0.05) is 10.6 Å². The summed E-state index contributed by atoms with van der Waals surface area (Å²) in [6, 6.07) is 5.06. The molecule has 88 valence electrons. The Labute approximate surface area is 99.8 Å². The Morgan fingerprint density at radius 2 is 2.12 bits per heavy atom. The van der Waals surface area contributed by atoms with Crippen molar-refractivity contribution in [3.63, 3.8) is 0 Å². The van der Waals surface area contributed by atoms with Crippen molar-refractivity contribution in [2.75, 3.05) is 24.6 Å². The van der Waals surface area contributed by atoms with E-state index in [4.69, 9.17) is 5.73 Å². The van der Waals surface area contributed by atoms with Gasteiger partial charge < -0.3 is 11.1 Å². The fourth-order valence-corrected chi connectivity index (χ4v) is 2.97. The van der Waals surface area contributed by atoms with Crippen LogP contribution in [0.15, 0.2) is 23.1 Å². The van der Waals surface area contributed by atoms with E-state index in [1.165, 1.54) is 18.9 Å². The zero-order chi connectivity index (χ0) is 11.4. The summed E-state index contributed by atoms with van der Waals surface area (Å²) in [6.07, 6.45) is 2.45. The predicted octanol–water partition coefficient (Wildman–Crippen LogP) is 2.50. The number of thioether (sulfide) groups is 1. The molecule has 1 aromatic carbocycles. The lowest BCUT2D eigenvalue weighted by atomic mass is 10.0. The van der Waals surface area contributed by atoms with Gasteiger partial charge in [-0.05, 0) is 50.0 Å². The molecule has 3 N–H and O–H groups in total. The lowest BCUT2D eigenvalue weighted by molar-refractivity contribution is 0.408. The van der Waals surface area contributed by atoms with Gasteiger partial charge in [-0.2, -0.15) is 0 Å². The van der Waals surface area contributed by atoms with Gasteiger partial charge in [0.15, 0.2) is 0 Å². The minimum atomic E-state index is -0.310. The van der Waals surface area contributed by atoms with E-state index in [0.717, 1.165) is 29.7 Å². The molecule has 1 fully saturated rings. The van der Waals surface area contributed by atoms with E-state index in [-0.39, 0.29) is 11.5 Å². The second kappa shape index (κ2) is 5.55. The third-order valence-electron chi connectivity index (χ3n) is 2.92. The number of hydrogen-bond donors (Lipinski definition) is 2. The highest BCUT2D eigenvalue weighted by Gasteiger charge is 2.13. The highest BCUT2D eigenvalue weighted by atomic mass is 32.2. The van der Waals surface area contributed by atoms with Crippen LogP contribution in [-0.2, 0) is 0 Å². The SMILES string of the molecule is Nc1ccc(SCC2CCNCC2)cc1F. The van der Waals surface area contributed by atoms with E-state index in [1.807, 2.05) is 6.07 Å². The lowest BCUT2D eigenvalue weighted by Crippen LogP contribution is -2.28. The molecule has 0 aliphatic carbocycles. The van der Waals surface area contributed by atoms with E-state index in [9.17, 15) is 4.39 Å². The smallest absolute Gasteiger partial charge is 0.147 e. The van der Waals surface area contributed by atoms with Gasteiger partial charge in [0.2, 0.25) is 0 Å². The average molecular weight is 240 g/mol. The van der Waals surface area contributed by atoms with Crippen LogP contribution >= 0.6 is 11.8 Å². The molecule has 0 spiro atoms. The minimum Gasteiger partial charge on any atom is -0.396 e. The number of piperidine rings is 1. The molecule has 1 aliphatic rings. The monoisotopic (exact) mass is 240 g/mol. The molecule has 0 radical (unpaired) electrons. The summed E-state index contributed by atoms with van der Waals surface area (Å²) >= 11 is 1.73. The molecule has 0 bridgehead atoms. The molecular formula is C12H17FN2S. The Kier molecular flexibility index (Phi) is 4.07. The summed E-state index contributed by atoms with van der Waals surface area (Å²) < 4.78 is 13.2. The number of nitrogens with one attached hydrogen (secondary N) is 1. The van der Waals surface area contributed by atoms with Gasteiger partial charge in [0.25, 0.3) is 0 Å². The van der Waals surface area contributed by atoms with Crippen molar-refractivity contribution in [3.05, 3.63) is 24.0 Å². The summed E-state index contributed by atoms with van der Waals surface area (Å²) in [7, 11) is 0. The number of nitrogens with two attached hydrogens (primary N) is 1. The third kappa shape index (κ3) is 3.12. The number of nitrogen functional groups attached to an aromatic ring is 1. The van der Waals surface area contributed by atoms with Gasteiger partial charge in [-0.15, -0.1) is 11.8 Å². The van der Waals surface area contributed by atoms with E-state index >= 15 is 0 Å². The molecule has 1 aromatic rings. The van der Waals surface area contributed by atoms with Crippen molar-refractivity contribution in [1.82, 2.24) is 5.32 Å². The average Bonchev–Trinajstić information content (AvgIpc) is 2.32. The van der Waals surface area contributed by atoms with E-state index in [2.05, 4.69) is 5.32 Å². The van der Waals surface area contributed by atoms with Gasteiger partial charge in [0.1, 0.15) is 5.82 Å². The number of rotatable bonds is 3. The Bertz CT molecular complexity index is 351. The quantitative estimate of drug-likeness (QED) is 0.630. The first-order valence-electron chi connectivity index (χ1n) is 5.64. The highest BCUT2D eigenvalue weighted by molar-refractivity contribution is 7.99. The Morgan fingerprint density at radius 3 is 2.81 bits per heavy atom. The first-order chi connectivity index (χ1) is 7.75. The summed E-state index contributed by atoms with van der Waals surface area (Å²) in [5.74, 6) is 1.52. The zero-order valence-electron chi connectivity index (χ0n) is 9.21. The van der Waals surface area contributed by atoms with Crippen LogP contribution in [0.5, 0.6) is 0 Å². The molecule has 0 atom stereocenters. The van der Waals surface area contributed by atoms with Crippen molar-refractivity contribution in [1.29, 1.82) is 0 Å². The van der Waals surface area contributed by atoms with E-state index in [0.29, 0.717) is 0 Å². The van der Waals surface area contributed by atoms with Crippen LogP contribution in [0, 0.1) is 11.7 Å². The largest absolute Gasteiger partial charge is 0.396 e. The summed E-state index contributed by atoms with van der Waals surface area (Å²) in [5.41, 5.74) is 5.66. The molecule has 0 aromatic heterocycles. The molecule has 1 saturated heterocycles. The van der Waals surface area contributed by atoms with Crippen LogP contribution in [0.2, 0.25) is 0 Å². The van der Waals surface area contributed by atoms with Crippen LogP contribution in [0.25, 0.3) is 0 Å². The van der Waals surface area contributed by atoms with E-state index in [1.54, 1.807) is 17.8 Å². The fraction of sp³-hybridized carbons (Fsp3) is 0.500. The summed E-state index contributed by atoms with van der Waals surface area (Å²) in [5, 5.41) is 3.34. The molecule has 2 rings (SSSR count). The Morgan fingerprint density at radius 1 is 1.38 bits per heavy atom. The van der Waals surface area contributed by atoms with Crippen molar-refractivity contribution >= 4 is 17.4 Å². The highest BCUT2D eigenvalue weighted by Crippen LogP contribution is 2.26. The van der Waals surface area contributed by atoms with Gasteiger partial charge in [-0.3, -0.25) is 0 Å². The number of hydrogen-bond acceptors (Lipinski definition) is 3. The van der Waals surface area contributed by atoms with Crippen molar-refractivity contribution in [3.8, 4) is 0 Å². The molecule has 4 heteroatoms. The van der Waals surface area contributed by atoms with E-state index < -0.39 is 0 Å². The molecule has 1 heterocycles. The molecule has 0 saturated carbocycles. The van der Waals surface area contributed by atoms with Crippen molar-refractivity contribution < 1.29 is 4.39 Å². The van der Waals surface area contributed by atoms with Crippen molar-refractivity contribution in [2.24, 2.45) is 5.92 Å². The molecule has 16 heavy (non-hydrogen) atoms. The van der Waals surface area contributed by atoms with Crippen LogP contribution in [0.1, 0.15) is 12.8 Å². The Balaban J connectivity index is 1.86. The second-order valence-corrected chi connectivity index (χ2v) is 5.28. The second-order valence-electron chi connectivity index (χ2n) is 4.19. The molecule has 0 amide bonds. The summed E-state index contributed by atoms with van der Waals surface area (Å²) in [4.78, 5) is 0.977. The maximum Gasteiger partial charge on any atom is 0.147 e. The molecule has 2 nitrogen and oxygen atoms in total. The normalized spacial score (nSPS) is 17.6. The summed E-state index contributed by atoms with van der Waals surface area (Å²) in [6.45, 7) is 2.22. The zero-order valence-corrected chi connectivity index (χ0v) is 10.0. The maximum atomic E-state index is 13.2. The minimum absolute atomic E-state index is 0.228. The van der Waals surface area contributed by atoms with Crippen LogP contribution in [0.4, 0.5) is 10.1 Å². The first kappa shape index (κ1) is 11.7. The number of benzene rings is 1. The standard InChI is InChI=1S/C12H17FN2S/c13-11-7-10(1-2-12(11)14)16-8-9-3-5-15-6-4-9/h1-2,7,9,15H,3-6,8,14H2.